The van der Waals surface area contributed by atoms with Crippen LogP contribution in [0.3, 0.4) is 0 Å². The highest BCUT2D eigenvalue weighted by atomic mass is 31.2. The fourth-order valence-corrected chi connectivity index (χ4v) is 12.0. The summed E-state index contributed by atoms with van der Waals surface area (Å²) in [4.78, 5) is 0. The number of unbranched alkanes of at least 4 members (excludes halogenated alkanes) is 1. The summed E-state index contributed by atoms with van der Waals surface area (Å²) in [5, 5.41) is 0. The first kappa shape index (κ1) is 24.6. The van der Waals surface area contributed by atoms with Crippen LogP contribution in [0.25, 0.3) is 0 Å². The van der Waals surface area contributed by atoms with Crippen LogP contribution in [0.5, 0.6) is 0 Å². The van der Waals surface area contributed by atoms with Crippen LogP contribution in [0.1, 0.15) is 12.8 Å². The molecule has 0 aliphatic heterocycles. The quantitative estimate of drug-likeness (QED) is 0.401. The number of hydrogen-bond donors (Lipinski definition) is 0. The Hall–Kier alpha value is 0.620. The molecule has 0 saturated carbocycles. The minimum Gasteiger partial charge on any atom is -0.155 e. The minimum absolute atomic E-state index is 1.24. The van der Waals surface area contributed by atoms with Crippen molar-refractivity contribution in [2.24, 2.45) is 0 Å². The molecule has 0 amide bonds. The number of nitrogens with zero attached hydrogens (tertiary/aromatic N) is 6. The molecule has 0 saturated heterocycles. The van der Waals surface area contributed by atoms with Gasteiger partial charge in [-0.1, -0.05) is 0 Å². The molecular weight excluding hydrogens is 338 g/mol. The molecule has 0 N–H and O–H groups in total. The summed E-state index contributed by atoms with van der Waals surface area (Å²) in [6, 6.07) is 0. The normalized spacial score (nSPS) is 14.2. The van der Waals surface area contributed by atoms with Crippen molar-refractivity contribution in [1.29, 1.82) is 0 Å². The minimum atomic E-state index is -1.39. The molecule has 0 aromatic carbocycles. The SMILES string of the molecule is CN(C)[P+](CCCC[P+](N(C)C)(N(C)C)N(C)C)(N(C)C)N(C)C. The van der Waals surface area contributed by atoms with Crippen LogP contribution in [0, 0.1) is 0 Å². The van der Waals surface area contributed by atoms with Gasteiger partial charge in [0.1, 0.15) is 12.3 Å². The van der Waals surface area contributed by atoms with Crippen LogP contribution in [-0.4, -0.2) is 125 Å². The van der Waals surface area contributed by atoms with E-state index in [0.29, 0.717) is 0 Å². The van der Waals surface area contributed by atoms with Gasteiger partial charge < -0.3 is 0 Å². The predicted molar refractivity (Wildman–Crippen MR) is 115 cm³/mol. The van der Waals surface area contributed by atoms with E-state index in [-0.39, 0.29) is 0 Å². The van der Waals surface area contributed by atoms with Crippen LogP contribution in [0.4, 0.5) is 0 Å². The average molecular weight is 383 g/mol. The molecule has 0 atom stereocenters. The van der Waals surface area contributed by atoms with E-state index < -0.39 is 15.4 Å². The smallest absolute Gasteiger partial charge is 0.155 e. The Morgan fingerprint density at radius 3 is 0.667 bits per heavy atom. The Bertz CT molecular complexity index is 281. The lowest BCUT2D eigenvalue weighted by Gasteiger charge is -2.41. The van der Waals surface area contributed by atoms with Gasteiger partial charge in [-0.2, -0.15) is 28.0 Å². The fourth-order valence-electron chi connectivity index (χ4n) is 3.99. The fraction of sp³-hybridized carbons (Fsp3) is 1.00. The molecule has 146 valence electrons. The highest BCUT2D eigenvalue weighted by molar-refractivity contribution is 7.69. The van der Waals surface area contributed by atoms with Gasteiger partial charge in [0, 0.05) is 84.6 Å². The third-order valence-corrected chi connectivity index (χ3v) is 14.5. The Kier molecular flexibility index (Phi) is 10.3. The van der Waals surface area contributed by atoms with Gasteiger partial charge in [0.15, 0.2) is 0 Å². The van der Waals surface area contributed by atoms with Gasteiger partial charge in [-0.25, -0.2) is 0 Å². The van der Waals surface area contributed by atoms with Crippen LogP contribution in [-0.2, 0) is 0 Å². The van der Waals surface area contributed by atoms with Crippen molar-refractivity contribution in [3.05, 3.63) is 0 Å². The summed E-state index contributed by atoms with van der Waals surface area (Å²) in [7, 11) is 23.9. The highest BCUT2D eigenvalue weighted by Gasteiger charge is 2.49. The monoisotopic (exact) mass is 382 g/mol. The molecule has 0 aromatic rings. The second-order valence-electron chi connectivity index (χ2n) is 7.62. The summed E-state index contributed by atoms with van der Waals surface area (Å²) >= 11 is 0. The maximum Gasteiger partial charge on any atom is 0.225 e. The summed E-state index contributed by atoms with van der Waals surface area (Å²) in [5.41, 5.74) is 0. The van der Waals surface area contributed by atoms with Crippen molar-refractivity contribution < 1.29 is 0 Å². The lowest BCUT2D eigenvalue weighted by atomic mass is 10.4. The van der Waals surface area contributed by atoms with Crippen molar-refractivity contribution in [3.8, 4) is 0 Å². The van der Waals surface area contributed by atoms with E-state index in [1.165, 1.54) is 25.2 Å². The molecule has 0 aromatic heterocycles. The second kappa shape index (κ2) is 10.1. The van der Waals surface area contributed by atoms with E-state index in [0.717, 1.165) is 0 Å². The summed E-state index contributed by atoms with van der Waals surface area (Å²) in [6.07, 6.45) is 5.02. The lowest BCUT2D eigenvalue weighted by molar-refractivity contribution is 0.449. The van der Waals surface area contributed by atoms with Crippen LogP contribution >= 0.6 is 15.4 Å². The topological polar surface area (TPSA) is 19.4 Å². The van der Waals surface area contributed by atoms with Crippen LogP contribution < -0.4 is 0 Å². The Balaban J connectivity index is 5.07. The lowest BCUT2D eigenvalue weighted by Crippen LogP contribution is -2.39. The van der Waals surface area contributed by atoms with Crippen LogP contribution in [0.15, 0.2) is 0 Å². The molecule has 0 aliphatic carbocycles. The molecule has 0 spiro atoms. The Labute approximate surface area is 153 Å². The molecule has 0 rings (SSSR count). The van der Waals surface area contributed by atoms with E-state index >= 15 is 0 Å². The molecular formula is C16H44N6P2+2. The zero-order valence-electron chi connectivity index (χ0n) is 18.4. The van der Waals surface area contributed by atoms with E-state index in [4.69, 9.17) is 0 Å². The summed E-state index contributed by atoms with van der Waals surface area (Å²) in [6.45, 7) is 0. The standard InChI is InChI=1S/C16H44N6P2/c1-17(2)23(18(3)4,19(5)6)15-13-14-16-24(20(7)8,21(9)10)22(11)12/h13-16H2,1-12H3/q+2. The summed E-state index contributed by atoms with van der Waals surface area (Å²) in [5.74, 6) is 0. The zero-order chi connectivity index (χ0) is 19.3. The van der Waals surface area contributed by atoms with Gasteiger partial charge in [-0.05, 0) is 12.8 Å². The van der Waals surface area contributed by atoms with Gasteiger partial charge in [-0.3, -0.25) is 0 Å². The summed E-state index contributed by atoms with van der Waals surface area (Å²) < 4.78 is 14.7. The van der Waals surface area contributed by atoms with Crippen molar-refractivity contribution in [2.75, 3.05) is 96.9 Å². The number of rotatable bonds is 11. The zero-order valence-corrected chi connectivity index (χ0v) is 20.2. The van der Waals surface area contributed by atoms with E-state index in [1.807, 2.05) is 0 Å². The van der Waals surface area contributed by atoms with Gasteiger partial charge in [0.25, 0.3) is 0 Å². The first-order chi connectivity index (χ1) is 10.9. The average Bonchev–Trinajstić information content (AvgIpc) is 2.40. The molecule has 0 bridgehead atoms. The van der Waals surface area contributed by atoms with Crippen molar-refractivity contribution in [1.82, 2.24) is 28.0 Å². The van der Waals surface area contributed by atoms with Gasteiger partial charge in [0.05, 0.1) is 0 Å². The van der Waals surface area contributed by atoms with Crippen molar-refractivity contribution in [2.45, 2.75) is 12.8 Å². The predicted octanol–water partition coefficient (Wildman–Crippen LogP) is 2.66. The van der Waals surface area contributed by atoms with E-state index in [1.54, 1.807) is 0 Å². The molecule has 0 radical (unpaired) electrons. The highest BCUT2D eigenvalue weighted by Crippen LogP contribution is 2.66. The maximum absolute atomic E-state index is 2.44. The molecule has 0 heterocycles. The van der Waals surface area contributed by atoms with Crippen molar-refractivity contribution in [3.63, 3.8) is 0 Å². The molecule has 8 heteroatoms. The molecule has 24 heavy (non-hydrogen) atoms. The molecule has 0 unspecified atom stereocenters. The Morgan fingerprint density at radius 2 is 0.542 bits per heavy atom. The van der Waals surface area contributed by atoms with Gasteiger partial charge in [-0.15, -0.1) is 0 Å². The largest absolute Gasteiger partial charge is 0.225 e. The molecule has 6 nitrogen and oxygen atoms in total. The van der Waals surface area contributed by atoms with Crippen LogP contribution in [0.2, 0.25) is 0 Å². The third-order valence-electron chi connectivity index (χ3n) is 5.01. The third kappa shape index (κ3) is 5.08. The molecule has 0 fully saturated rings. The van der Waals surface area contributed by atoms with E-state index in [2.05, 4.69) is 113 Å². The van der Waals surface area contributed by atoms with E-state index in [9.17, 15) is 0 Å². The van der Waals surface area contributed by atoms with Gasteiger partial charge >= 0.3 is 0 Å². The number of hydrogen-bond acceptors (Lipinski definition) is 6. The molecule has 0 aliphatic rings. The van der Waals surface area contributed by atoms with Crippen molar-refractivity contribution >= 4 is 15.4 Å². The second-order valence-corrected chi connectivity index (χ2v) is 16.1. The first-order valence-corrected chi connectivity index (χ1v) is 12.4. The Morgan fingerprint density at radius 1 is 0.375 bits per heavy atom. The van der Waals surface area contributed by atoms with Gasteiger partial charge in [0.2, 0.25) is 15.4 Å². The first-order valence-electron chi connectivity index (χ1n) is 8.70. The maximum atomic E-state index is 2.44.